The Balaban J connectivity index is 3.64. The Kier molecular flexibility index (Phi) is 4.37. The van der Waals surface area contributed by atoms with Gasteiger partial charge in [0.05, 0.1) is 11.0 Å². The molecule has 0 bridgehead atoms. The summed E-state index contributed by atoms with van der Waals surface area (Å²) in [5.41, 5.74) is -1.88. The van der Waals surface area contributed by atoms with Gasteiger partial charge in [-0.15, -0.1) is 0 Å². The van der Waals surface area contributed by atoms with E-state index in [2.05, 4.69) is 4.74 Å². The highest BCUT2D eigenvalue weighted by atomic mass is 35.7. The van der Waals surface area contributed by atoms with E-state index < -0.39 is 42.5 Å². The van der Waals surface area contributed by atoms with Crippen molar-refractivity contribution in [2.24, 2.45) is 0 Å². The van der Waals surface area contributed by atoms with E-state index in [4.69, 9.17) is 10.7 Å². The predicted molar refractivity (Wildman–Crippen MR) is 58.2 cm³/mol. The van der Waals surface area contributed by atoms with Crippen LogP contribution in [0.4, 0.5) is 14.5 Å². The minimum atomic E-state index is -4.61. The van der Waals surface area contributed by atoms with E-state index in [1.807, 2.05) is 0 Å². The third-order valence-electron chi connectivity index (χ3n) is 1.86. The van der Waals surface area contributed by atoms with Crippen LogP contribution in [0.3, 0.4) is 0 Å². The fraction of sp³-hybridized carbons (Fsp3) is 0.125. The normalized spacial score (nSPS) is 11.4. The van der Waals surface area contributed by atoms with Crippen molar-refractivity contribution >= 4 is 31.7 Å². The maximum absolute atomic E-state index is 12.0. The highest BCUT2D eigenvalue weighted by molar-refractivity contribution is 8.14. The largest absolute Gasteiger partial charge is 0.435 e. The lowest BCUT2D eigenvalue weighted by molar-refractivity contribution is -0.387. The topological polar surface area (TPSA) is 104 Å². The number of benzene rings is 1. The van der Waals surface area contributed by atoms with E-state index in [-0.39, 0.29) is 6.29 Å². The smallest absolute Gasteiger partial charge is 0.387 e. The summed E-state index contributed by atoms with van der Waals surface area (Å²) in [5.74, 6) is -0.729. The number of rotatable bonds is 5. The van der Waals surface area contributed by atoms with Gasteiger partial charge >= 0.3 is 6.61 Å². The first-order valence-corrected chi connectivity index (χ1v) is 6.65. The Labute approximate surface area is 109 Å². The summed E-state index contributed by atoms with van der Waals surface area (Å²) in [6.45, 7) is -3.29. The number of nitro benzene ring substituents is 1. The van der Waals surface area contributed by atoms with Gasteiger partial charge in [-0.25, -0.2) is 8.42 Å². The third kappa shape index (κ3) is 3.58. The fourth-order valence-electron chi connectivity index (χ4n) is 1.27. The van der Waals surface area contributed by atoms with Crippen LogP contribution in [0.2, 0.25) is 0 Å². The highest BCUT2D eigenvalue weighted by Gasteiger charge is 2.29. The number of ether oxygens (including phenoxy) is 1. The molecule has 0 atom stereocenters. The molecule has 0 aliphatic heterocycles. The summed E-state index contributed by atoms with van der Waals surface area (Å²) in [5, 5.41) is 10.7. The molecule has 0 heterocycles. The number of nitro groups is 1. The first kappa shape index (κ1) is 15.2. The van der Waals surface area contributed by atoms with E-state index in [1.54, 1.807) is 0 Å². The minimum Gasteiger partial charge on any atom is -0.435 e. The zero-order chi connectivity index (χ0) is 14.8. The molecule has 0 aliphatic rings. The summed E-state index contributed by atoms with van der Waals surface area (Å²) in [6, 6.07) is 1.05. The van der Waals surface area contributed by atoms with Crippen molar-refractivity contribution in [2.45, 2.75) is 11.5 Å². The summed E-state index contributed by atoms with van der Waals surface area (Å²) in [4.78, 5) is 19.1. The minimum absolute atomic E-state index is 0.0689. The fourth-order valence-corrected chi connectivity index (χ4v) is 2.54. The third-order valence-corrected chi connectivity index (χ3v) is 3.26. The van der Waals surface area contributed by atoms with Gasteiger partial charge in [0.25, 0.3) is 14.7 Å². The summed E-state index contributed by atoms with van der Waals surface area (Å²) in [6.07, 6.45) is -0.0689. The van der Waals surface area contributed by atoms with E-state index >= 15 is 0 Å². The Morgan fingerprint density at radius 3 is 2.37 bits per heavy atom. The van der Waals surface area contributed by atoms with Gasteiger partial charge in [-0.1, -0.05) is 0 Å². The van der Waals surface area contributed by atoms with E-state index in [0.717, 1.165) is 0 Å². The van der Waals surface area contributed by atoms with Crippen molar-refractivity contribution in [1.29, 1.82) is 0 Å². The Morgan fingerprint density at radius 1 is 1.42 bits per heavy atom. The van der Waals surface area contributed by atoms with Crippen molar-refractivity contribution in [3.8, 4) is 5.75 Å². The molecule has 7 nitrogen and oxygen atoms in total. The molecular weight excluding hydrogens is 312 g/mol. The average Bonchev–Trinajstić information content (AvgIpc) is 2.25. The van der Waals surface area contributed by atoms with Crippen molar-refractivity contribution < 1.29 is 31.7 Å². The number of alkyl halides is 2. The summed E-state index contributed by atoms with van der Waals surface area (Å²) >= 11 is 0. The maximum atomic E-state index is 12.0. The lowest BCUT2D eigenvalue weighted by atomic mass is 10.2. The number of aldehydes is 1. The molecule has 0 unspecified atom stereocenters. The van der Waals surface area contributed by atoms with Gasteiger partial charge in [-0.2, -0.15) is 8.78 Å². The number of nitrogens with zero attached hydrogens (tertiary/aromatic N) is 1. The second-order valence-corrected chi connectivity index (χ2v) is 5.55. The molecular formula is C8H4ClF2NO6S. The molecule has 0 saturated carbocycles. The van der Waals surface area contributed by atoms with Gasteiger partial charge in [-0.05, 0) is 6.07 Å². The standard InChI is InChI=1S/C8H4ClF2NO6S/c9-19(16,17)7-4(3-13)1-5(18-8(10)11)2-6(7)12(14)15/h1-3,8H. The summed E-state index contributed by atoms with van der Waals surface area (Å²) < 4.78 is 50.2. The van der Waals surface area contributed by atoms with Crippen molar-refractivity contribution in [3.05, 3.63) is 27.8 Å². The van der Waals surface area contributed by atoms with Crippen LogP contribution in [0.5, 0.6) is 5.75 Å². The summed E-state index contributed by atoms with van der Waals surface area (Å²) in [7, 11) is 0.359. The van der Waals surface area contributed by atoms with Crippen LogP contribution in [0.1, 0.15) is 10.4 Å². The van der Waals surface area contributed by atoms with Crippen LogP contribution < -0.4 is 4.74 Å². The Hall–Kier alpha value is -1.81. The average molecular weight is 316 g/mol. The number of carbonyl (C=O) groups excluding carboxylic acids is 1. The van der Waals surface area contributed by atoms with Crippen LogP contribution >= 0.6 is 10.7 Å². The Morgan fingerprint density at radius 2 is 2.00 bits per heavy atom. The molecule has 0 aliphatic carbocycles. The molecule has 1 aromatic carbocycles. The van der Waals surface area contributed by atoms with Gasteiger partial charge in [0, 0.05) is 16.2 Å². The number of halogens is 3. The van der Waals surface area contributed by atoms with Crippen LogP contribution in [0.15, 0.2) is 17.0 Å². The molecule has 0 amide bonds. The monoisotopic (exact) mass is 315 g/mol. The highest BCUT2D eigenvalue weighted by Crippen LogP contribution is 2.34. The maximum Gasteiger partial charge on any atom is 0.387 e. The lowest BCUT2D eigenvalue weighted by Gasteiger charge is -2.07. The van der Waals surface area contributed by atoms with Gasteiger partial charge < -0.3 is 4.74 Å². The van der Waals surface area contributed by atoms with Crippen molar-refractivity contribution in [1.82, 2.24) is 0 Å². The number of hydrogen-bond acceptors (Lipinski definition) is 6. The first-order valence-electron chi connectivity index (χ1n) is 4.34. The molecule has 104 valence electrons. The molecule has 0 fully saturated rings. The molecule has 0 aromatic heterocycles. The lowest BCUT2D eigenvalue weighted by Crippen LogP contribution is -2.07. The Bertz CT molecular complexity index is 632. The quantitative estimate of drug-likeness (QED) is 0.356. The van der Waals surface area contributed by atoms with Gasteiger partial charge in [-0.3, -0.25) is 14.9 Å². The molecule has 1 aromatic rings. The first-order chi connectivity index (χ1) is 8.66. The SMILES string of the molecule is O=Cc1cc(OC(F)F)cc([N+](=O)[O-])c1S(=O)(=O)Cl. The number of hydrogen-bond donors (Lipinski definition) is 0. The molecule has 0 N–H and O–H groups in total. The van der Waals surface area contributed by atoms with Gasteiger partial charge in [0.15, 0.2) is 11.2 Å². The van der Waals surface area contributed by atoms with Crippen molar-refractivity contribution in [3.63, 3.8) is 0 Å². The van der Waals surface area contributed by atoms with Crippen LogP contribution in [-0.2, 0) is 9.05 Å². The van der Waals surface area contributed by atoms with E-state index in [9.17, 15) is 32.1 Å². The van der Waals surface area contributed by atoms with Gasteiger partial charge in [0.2, 0.25) is 0 Å². The van der Waals surface area contributed by atoms with E-state index in [0.29, 0.717) is 12.1 Å². The second kappa shape index (κ2) is 5.45. The van der Waals surface area contributed by atoms with Gasteiger partial charge in [0.1, 0.15) is 5.75 Å². The molecule has 1 rings (SSSR count). The number of carbonyl (C=O) groups is 1. The molecule has 0 radical (unpaired) electrons. The molecule has 0 saturated heterocycles. The van der Waals surface area contributed by atoms with Crippen molar-refractivity contribution in [2.75, 3.05) is 0 Å². The predicted octanol–water partition coefficient (Wildman–Crippen LogP) is 1.94. The van der Waals surface area contributed by atoms with Crippen LogP contribution in [0.25, 0.3) is 0 Å². The molecule has 11 heteroatoms. The van der Waals surface area contributed by atoms with Crippen LogP contribution in [0, 0.1) is 10.1 Å². The molecule has 19 heavy (non-hydrogen) atoms. The molecule has 0 spiro atoms. The zero-order valence-corrected chi connectivity index (χ0v) is 10.3. The van der Waals surface area contributed by atoms with Crippen LogP contribution in [-0.4, -0.2) is 26.2 Å². The second-order valence-electron chi connectivity index (χ2n) is 3.05. The van der Waals surface area contributed by atoms with E-state index in [1.165, 1.54) is 0 Å². The zero-order valence-electron chi connectivity index (χ0n) is 8.75.